The molecule has 1 saturated heterocycles. The molecular formula is C10H14FN3. The average Bonchev–Trinajstić information content (AvgIpc) is 2.51. The zero-order valence-electron chi connectivity index (χ0n) is 8.20. The minimum atomic E-state index is -0.429. The first-order valence-electron chi connectivity index (χ1n) is 4.80. The van der Waals surface area contributed by atoms with Crippen LogP contribution in [0.3, 0.4) is 0 Å². The van der Waals surface area contributed by atoms with Gasteiger partial charge < -0.3 is 10.2 Å². The molecule has 0 aliphatic carbocycles. The van der Waals surface area contributed by atoms with Crippen LogP contribution in [0.15, 0.2) is 18.3 Å². The van der Waals surface area contributed by atoms with Crippen molar-refractivity contribution in [3.8, 4) is 0 Å². The first-order chi connectivity index (χ1) is 6.74. The van der Waals surface area contributed by atoms with Gasteiger partial charge in [0.05, 0.1) is 0 Å². The standard InChI is InChI=1S/C10H14FN3/c1-14-5-3-9(7-14)13-8-2-4-12-10(11)6-8/h2,4,6,9H,3,5,7H2,1H3,(H,12,13). The minimum absolute atomic E-state index is 0.429. The molecule has 1 atom stereocenters. The van der Waals surface area contributed by atoms with Crippen molar-refractivity contribution in [2.45, 2.75) is 12.5 Å². The van der Waals surface area contributed by atoms with E-state index in [4.69, 9.17) is 0 Å². The highest BCUT2D eigenvalue weighted by atomic mass is 19.1. The molecule has 14 heavy (non-hydrogen) atoms. The molecule has 2 rings (SSSR count). The zero-order valence-corrected chi connectivity index (χ0v) is 8.20. The van der Waals surface area contributed by atoms with E-state index in [0.29, 0.717) is 6.04 Å². The quantitative estimate of drug-likeness (QED) is 0.722. The van der Waals surface area contributed by atoms with Gasteiger partial charge in [0.15, 0.2) is 0 Å². The number of hydrogen-bond donors (Lipinski definition) is 1. The maximum atomic E-state index is 12.8. The summed E-state index contributed by atoms with van der Waals surface area (Å²) >= 11 is 0. The lowest BCUT2D eigenvalue weighted by Crippen LogP contribution is -2.23. The summed E-state index contributed by atoms with van der Waals surface area (Å²) in [6.07, 6.45) is 2.59. The summed E-state index contributed by atoms with van der Waals surface area (Å²) in [5.74, 6) is -0.429. The summed E-state index contributed by atoms with van der Waals surface area (Å²) in [7, 11) is 2.09. The Morgan fingerprint density at radius 1 is 1.64 bits per heavy atom. The fraction of sp³-hybridized carbons (Fsp3) is 0.500. The number of nitrogens with zero attached hydrogens (tertiary/aromatic N) is 2. The van der Waals surface area contributed by atoms with Gasteiger partial charge in [0, 0.05) is 30.5 Å². The lowest BCUT2D eigenvalue weighted by atomic mass is 10.2. The molecule has 0 aromatic carbocycles. The zero-order chi connectivity index (χ0) is 9.97. The largest absolute Gasteiger partial charge is 0.381 e. The summed E-state index contributed by atoms with van der Waals surface area (Å²) in [6.45, 7) is 2.12. The van der Waals surface area contributed by atoms with Crippen molar-refractivity contribution in [1.82, 2.24) is 9.88 Å². The van der Waals surface area contributed by atoms with Crippen LogP contribution in [0.4, 0.5) is 10.1 Å². The molecule has 0 radical (unpaired) electrons. The molecular weight excluding hydrogens is 181 g/mol. The van der Waals surface area contributed by atoms with E-state index in [0.717, 1.165) is 25.2 Å². The average molecular weight is 195 g/mol. The maximum Gasteiger partial charge on any atom is 0.214 e. The third-order valence-electron chi connectivity index (χ3n) is 2.49. The van der Waals surface area contributed by atoms with E-state index in [1.54, 1.807) is 6.07 Å². The van der Waals surface area contributed by atoms with Crippen molar-refractivity contribution in [2.24, 2.45) is 0 Å². The van der Waals surface area contributed by atoms with Crippen LogP contribution in [-0.4, -0.2) is 36.1 Å². The topological polar surface area (TPSA) is 28.2 Å². The molecule has 4 heteroatoms. The Bertz CT molecular complexity index is 316. The van der Waals surface area contributed by atoms with Gasteiger partial charge >= 0.3 is 0 Å². The van der Waals surface area contributed by atoms with E-state index >= 15 is 0 Å². The van der Waals surface area contributed by atoms with Crippen molar-refractivity contribution >= 4 is 5.69 Å². The highest BCUT2D eigenvalue weighted by Gasteiger charge is 2.18. The van der Waals surface area contributed by atoms with Crippen LogP contribution in [0, 0.1) is 5.95 Å². The van der Waals surface area contributed by atoms with Gasteiger partial charge in [-0.2, -0.15) is 4.39 Å². The summed E-state index contributed by atoms with van der Waals surface area (Å²) in [5, 5.41) is 3.29. The molecule has 0 spiro atoms. The Morgan fingerprint density at radius 2 is 2.50 bits per heavy atom. The van der Waals surface area contributed by atoms with Gasteiger partial charge in [0.2, 0.25) is 5.95 Å². The number of rotatable bonds is 2. The molecule has 2 heterocycles. The minimum Gasteiger partial charge on any atom is -0.381 e. The highest BCUT2D eigenvalue weighted by molar-refractivity contribution is 5.42. The Labute approximate surface area is 82.9 Å². The van der Waals surface area contributed by atoms with Crippen LogP contribution in [0.5, 0.6) is 0 Å². The summed E-state index contributed by atoms with van der Waals surface area (Å²) in [4.78, 5) is 5.77. The van der Waals surface area contributed by atoms with E-state index in [-0.39, 0.29) is 0 Å². The molecule has 3 nitrogen and oxygen atoms in total. The fourth-order valence-electron chi connectivity index (χ4n) is 1.78. The molecule has 1 fully saturated rings. The molecule has 1 aliphatic rings. The second kappa shape index (κ2) is 3.92. The Hall–Kier alpha value is -1.16. The van der Waals surface area contributed by atoms with Crippen LogP contribution in [-0.2, 0) is 0 Å². The van der Waals surface area contributed by atoms with Gasteiger partial charge in [-0.1, -0.05) is 0 Å². The number of nitrogens with one attached hydrogen (secondary N) is 1. The lowest BCUT2D eigenvalue weighted by molar-refractivity contribution is 0.414. The Morgan fingerprint density at radius 3 is 3.14 bits per heavy atom. The highest BCUT2D eigenvalue weighted by Crippen LogP contribution is 2.14. The van der Waals surface area contributed by atoms with Gasteiger partial charge in [0.1, 0.15) is 0 Å². The number of likely N-dealkylation sites (N-methyl/N-ethyl adjacent to an activating group) is 1. The maximum absolute atomic E-state index is 12.8. The van der Waals surface area contributed by atoms with Crippen molar-refractivity contribution in [1.29, 1.82) is 0 Å². The van der Waals surface area contributed by atoms with Gasteiger partial charge in [0.25, 0.3) is 0 Å². The van der Waals surface area contributed by atoms with E-state index in [1.807, 2.05) is 0 Å². The first-order valence-corrected chi connectivity index (χ1v) is 4.80. The third-order valence-corrected chi connectivity index (χ3v) is 2.49. The van der Waals surface area contributed by atoms with Crippen LogP contribution in [0.1, 0.15) is 6.42 Å². The van der Waals surface area contributed by atoms with E-state index < -0.39 is 5.95 Å². The van der Waals surface area contributed by atoms with E-state index in [9.17, 15) is 4.39 Å². The van der Waals surface area contributed by atoms with Gasteiger partial charge in [-0.3, -0.25) is 0 Å². The van der Waals surface area contributed by atoms with Crippen molar-refractivity contribution < 1.29 is 4.39 Å². The molecule has 1 N–H and O–H groups in total. The number of hydrogen-bond acceptors (Lipinski definition) is 3. The molecule has 76 valence electrons. The monoisotopic (exact) mass is 195 g/mol. The number of halogens is 1. The molecule has 0 amide bonds. The smallest absolute Gasteiger partial charge is 0.214 e. The fourth-order valence-corrected chi connectivity index (χ4v) is 1.78. The van der Waals surface area contributed by atoms with Gasteiger partial charge in [-0.05, 0) is 26.1 Å². The number of aromatic nitrogens is 1. The number of anilines is 1. The van der Waals surface area contributed by atoms with Crippen molar-refractivity contribution in [2.75, 3.05) is 25.5 Å². The normalized spacial score (nSPS) is 22.6. The van der Waals surface area contributed by atoms with Crippen LogP contribution in [0.2, 0.25) is 0 Å². The van der Waals surface area contributed by atoms with Gasteiger partial charge in [-0.25, -0.2) is 4.98 Å². The Kier molecular flexibility index (Phi) is 2.63. The summed E-state index contributed by atoms with van der Waals surface area (Å²) in [6, 6.07) is 3.65. The van der Waals surface area contributed by atoms with Crippen molar-refractivity contribution in [3.05, 3.63) is 24.3 Å². The molecule has 0 bridgehead atoms. The van der Waals surface area contributed by atoms with Crippen LogP contribution < -0.4 is 5.32 Å². The summed E-state index contributed by atoms with van der Waals surface area (Å²) < 4.78 is 12.8. The second-order valence-corrected chi connectivity index (χ2v) is 3.76. The third kappa shape index (κ3) is 2.20. The van der Waals surface area contributed by atoms with E-state index in [1.165, 1.54) is 12.3 Å². The van der Waals surface area contributed by atoms with Crippen LogP contribution in [0.25, 0.3) is 0 Å². The molecule has 1 aromatic heterocycles. The summed E-state index contributed by atoms with van der Waals surface area (Å²) in [5.41, 5.74) is 0.817. The van der Waals surface area contributed by atoms with Crippen LogP contribution >= 0.6 is 0 Å². The van der Waals surface area contributed by atoms with Gasteiger partial charge in [-0.15, -0.1) is 0 Å². The molecule has 0 saturated carbocycles. The van der Waals surface area contributed by atoms with Crippen molar-refractivity contribution in [3.63, 3.8) is 0 Å². The second-order valence-electron chi connectivity index (χ2n) is 3.76. The number of pyridine rings is 1. The molecule has 1 unspecified atom stereocenters. The lowest BCUT2D eigenvalue weighted by Gasteiger charge is -2.13. The predicted octanol–water partition coefficient (Wildman–Crippen LogP) is 1.34. The number of likely N-dealkylation sites (tertiary alicyclic amines) is 1. The molecule has 1 aliphatic heterocycles. The first kappa shape index (κ1) is 9.40. The Balaban J connectivity index is 1.97. The predicted molar refractivity (Wildman–Crippen MR) is 53.7 cm³/mol. The van der Waals surface area contributed by atoms with E-state index in [2.05, 4.69) is 22.2 Å². The SMILES string of the molecule is CN1CCC(Nc2ccnc(F)c2)C1. The molecule has 1 aromatic rings.